The van der Waals surface area contributed by atoms with Crippen LogP contribution < -0.4 is 5.32 Å². The second-order valence-electron chi connectivity index (χ2n) is 4.92. The molecule has 2 aromatic rings. The van der Waals surface area contributed by atoms with Crippen molar-refractivity contribution in [3.8, 4) is 0 Å². The first-order valence-electron chi connectivity index (χ1n) is 6.93. The van der Waals surface area contributed by atoms with E-state index in [4.69, 9.17) is 0 Å². The molecule has 1 aromatic heterocycles. The van der Waals surface area contributed by atoms with Crippen molar-refractivity contribution in [3.63, 3.8) is 0 Å². The topological polar surface area (TPSA) is 37.8 Å². The van der Waals surface area contributed by atoms with Crippen LogP contribution in [0.25, 0.3) is 0 Å². The molecule has 0 saturated heterocycles. The molecule has 0 saturated carbocycles. The Morgan fingerprint density at radius 1 is 1.15 bits per heavy atom. The molecule has 0 radical (unpaired) electrons. The van der Waals surface area contributed by atoms with Crippen molar-refractivity contribution in [3.05, 3.63) is 52.7 Å². The van der Waals surface area contributed by atoms with E-state index in [9.17, 15) is 4.39 Å². The summed E-state index contributed by atoms with van der Waals surface area (Å²) in [5.74, 6) is 0.603. The molecular formula is C16H20FN3. The molecule has 20 heavy (non-hydrogen) atoms. The van der Waals surface area contributed by atoms with Crippen molar-refractivity contribution >= 4 is 5.82 Å². The van der Waals surface area contributed by atoms with E-state index < -0.39 is 0 Å². The van der Waals surface area contributed by atoms with Gasteiger partial charge in [-0.05, 0) is 31.4 Å². The highest BCUT2D eigenvalue weighted by Gasteiger charge is 2.11. The second kappa shape index (κ2) is 6.46. The smallest absolute Gasteiger partial charge is 0.186 e. The third kappa shape index (κ3) is 3.32. The van der Waals surface area contributed by atoms with Crippen LogP contribution in [0.4, 0.5) is 10.2 Å². The third-order valence-electron chi connectivity index (χ3n) is 3.22. The van der Waals surface area contributed by atoms with Gasteiger partial charge in [0.15, 0.2) is 11.6 Å². The zero-order valence-corrected chi connectivity index (χ0v) is 12.2. The maximum Gasteiger partial charge on any atom is 0.186 e. The van der Waals surface area contributed by atoms with Crippen molar-refractivity contribution in [1.29, 1.82) is 0 Å². The van der Waals surface area contributed by atoms with Gasteiger partial charge in [-0.3, -0.25) is 0 Å². The summed E-state index contributed by atoms with van der Waals surface area (Å²) in [7, 11) is 0. The molecule has 0 unspecified atom stereocenters. The van der Waals surface area contributed by atoms with Crippen molar-refractivity contribution in [2.75, 3.05) is 11.9 Å². The van der Waals surface area contributed by atoms with Gasteiger partial charge >= 0.3 is 0 Å². The molecule has 0 atom stereocenters. The summed E-state index contributed by atoms with van der Waals surface area (Å²) in [6.07, 6.45) is 1.55. The zero-order chi connectivity index (χ0) is 14.5. The lowest BCUT2D eigenvalue weighted by molar-refractivity contribution is 0.600. The predicted molar refractivity (Wildman–Crippen MR) is 79.5 cm³/mol. The monoisotopic (exact) mass is 273 g/mol. The zero-order valence-electron chi connectivity index (χ0n) is 12.2. The molecule has 1 heterocycles. The van der Waals surface area contributed by atoms with Crippen LogP contribution in [0.2, 0.25) is 0 Å². The lowest BCUT2D eigenvalue weighted by atomic mass is 10.1. The molecule has 1 aromatic carbocycles. The standard InChI is InChI=1S/C16H20FN3/c1-4-9-18-16-15(17)12(3)19-14(20-16)10-13-8-6-5-7-11(13)2/h5-8H,4,9-10H2,1-3H3,(H,18,19,20). The van der Waals surface area contributed by atoms with Gasteiger partial charge in [0, 0.05) is 13.0 Å². The highest BCUT2D eigenvalue weighted by molar-refractivity contribution is 5.39. The minimum absolute atomic E-state index is 0.308. The lowest BCUT2D eigenvalue weighted by Gasteiger charge is -2.10. The van der Waals surface area contributed by atoms with Crippen LogP contribution in [0.3, 0.4) is 0 Å². The average Bonchev–Trinajstić information content (AvgIpc) is 2.43. The van der Waals surface area contributed by atoms with Crippen molar-refractivity contribution in [2.24, 2.45) is 0 Å². The van der Waals surface area contributed by atoms with E-state index in [1.807, 2.05) is 19.1 Å². The van der Waals surface area contributed by atoms with Gasteiger partial charge < -0.3 is 5.32 Å². The van der Waals surface area contributed by atoms with Crippen LogP contribution in [0, 0.1) is 19.7 Å². The molecule has 0 aliphatic heterocycles. The first kappa shape index (κ1) is 14.4. The summed E-state index contributed by atoms with van der Waals surface area (Å²) in [4.78, 5) is 8.56. The Morgan fingerprint density at radius 2 is 1.90 bits per heavy atom. The number of aromatic nitrogens is 2. The number of anilines is 1. The van der Waals surface area contributed by atoms with Gasteiger partial charge in [-0.1, -0.05) is 31.2 Å². The summed E-state index contributed by atoms with van der Waals surface area (Å²) in [6.45, 7) is 6.47. The van der Waals surface area contributed by atoms with Crippen LogP contribution >= 0.6 is 0 Å². The second-order valence-corrected chi connectivity index (χ2v) is 4.92. The number of aryl methyl sites for hydroxylation is 2. The van der Waals surface area contributed by atoms with E-state index in [0.717, 1.165) is 6.42 Å². The van der Waals surface area contributed by atoms with Gasteiger partial charge in [0.1, 0.15) is 5.82 Å². The van der Waals surface area contributed by atoms with Crippen LogP contribution in [-0.4, -0.2) is 16.5 Å². The van der Waals surface area contributed by atoms with Crippen LogP contribution in [0.1, 0.15) is 36.0 Å². The molecule has 1 N–H and O–H groups in total. The first-order chi connectivity index (χ1) is 9.61. The summed E-state index contributed by atoms with van der Waals surface area (Å²) in [5.41, 5.74) is 2.75. The summed E-state index contributed by atoms with van der Waals surface area (Å²) >= 11 is 0. The van der Waals surface area contributed by atoms with E-state index in [-0.39, 0.29) is 5.82 Å². The Bertz CT molecular complexity index is 596. The molecule has 106 valence electrons. The highest BCUT2D eigenvalue weighted by atomic mass is 19.1. The van der Waals surface area contributed by atoms with E-state index >= 15 is 0 Å². The molecule has 0 aliphatic rings. The van der Waals surface area contributed by atoms with E-state index in [1.54, 1.807) is 6.92 Å². The van der Waals surface area contributed by atoms with Gasteiger partial charge in [0.25, 0.3) is 0 Å². The van der Waals surface area contributed by atoms with Gasteiger partial charge in [0.2, 0.25) is 0 Å². The Kier molecular flexibility index (Phi) is 4.66. The third-order valence-corrected chi connectivity index (χ3v) is 3.22. The quantitative estimate of drug-likeness (QED) is 0.903. The van der Waals surface area contributed by atoms with Crippen molar-refractivity contribution < 1.29 is 4.39 Å². The van der Waals surface area contributed by atoms with Crippen LogP contribution in [0.15, 0.2) is 24.3 Å². The maximum atomic E-state index is 13.9. The minimum Gasteiger partial charge on any atom is -0.368 e. The summed E-state index contributed by atoms with van der Waals surface area (Å²) in [5, 5.41) is 3.02. The molecule has 0 fully saturated rings. The average molecular weight is 273 g/mol. The molecule has 0 amide bonds. The number of halogens is 1. The summed E-state index contributed by atoms with van der Waals surface area (Å²) < 4.78 is 13.9. The van der Waals surface area contributed by atoms with E-state index in [2.05, 4.69) is 34.3 Å². The molecule has 2 rings (SSSR count). The van der Waals surface area contributed by atoms with Gasteiger partial charge in [-0.25, -0.2) is 14.4 Å². The first-order valence-corrected chi connectivity index (χ1v) is 6.93. The Labute approximate surface area is 119 Å². The minimum atomic E-state index is -0.355. The van der Waals surface area contributed by atoms with Gasteiger partial charge in [-0.2, -0.15) is 0 Å². The number of hydrogen-bond donors (Lipinski definition) is 1. The number of hydrogen-bond acceptors (Lipinski definition) is 3. The Balaban J connectivity index is 2.28. The van der Waals surface area contributed by atoms with Crippen molar-refractivity contribution in [2.45, 2.75) is 33.6 Å². The fourth-order valence-corrected chi connectivity index (χ4v) is 2.04. The number of benzene rings is 1. The Hall–Kier alpha value is -1.97. The fraction of sp³-hybridized carbons (Fsp3) is 0.375. The maximum absolute atomic E-state index is 13.9. The van der Waals surface area contributed by atoms with E-state index in [1.165, 1.54) is 11.1 Å². The molecule has 4 heteroatoms. The number of nitrogens with zero attached hydrogens (tertiary/aromatic N) is 2. The molecule has 3 nitrogen and oxygen atoms in total. The van der Waals surface area contributed by atoms with Crippen LogP contribution in [-0.2, 0) is 6.42 Å². The molecule has 0 bridgehead atoms. The predicted octanol–water partition coefficient (Wildman–Crippen LogP) is 3.65. The van der Waals surface area contributed by atoms with Crippen LogP contribution in [0.5, 0.6) is 0 Å². The van der Waals surface area contributed by atoms with Crippen molar-refractivity contribution in [1.82, 2.24) is 9.97 Å². The number of rotatable bonds is 5. The molecule has 0 spiro atoms. The molecule has 0 aliphatic carbocycles. The highest BCUT2D eigenvalue weighted by Crippen LogP contribution is 2.17. The van der Waals surface area contributed by atoms with Gasteiger partial charge in [-0.15, -0.1) is 0 Å². The number of nitrogens with one attached hydrogen (secondary N) is 1. The fourth-order valence-electron chi connectivity index (χ4n) is 2.04. The lowest BCUT2D eigenvalue weighted by Crippen LogP contribution is -2.10. The molecular weight excluding hydrogens is 253 g/mol. The Morgan fingerprint density at radius 3 is 2.60 bits per heavy atom. The van der Waals surface area contributed by atoms with Gasteiger partial charge in [0.05, 0.1) is 5.69 Å². The normalized spacial score (nSPS) is 10.6. The summed E-state index contributed by atoms with van der Waals surface area (Å²) in [6, 6.07) is 8.11. The van der Waals surface area contributed by atoms with E-state index in [0.29, 0.717) is 30.3 Å². The SMILES string of the molecule is CCCNc1nc(Cc2ccccc2C)nc(C)c1F. The largest absolute Gasteiger partial charge is 0.368 e.